The molecule has 0 spiro atoms. The Balaban J connectivity index is 2.42. The summed E-state index contributed by atoms with van der Waals surface area (Å²) in [6.07, 6.45) is 2.54. The summed E-state index contributed by atoms with van der Waals surface area (Å²) >= 11 is 4.78. The normalized spacial score (nSPS) is 11.3. The van der Waals surface area contributed by atoms with Gasteiger partial charge in [0, 0.05) is 18.8 Å². The summed E-state index contributed by atoms with van der Waals surface area (Å²) in [6, 6.07) is 3.45. The lowest BCUT2D eigenvalue weighted by Crippen LogP contribution is -2.18. The summed E-state index contributed by atoms with van der Waals surface area (Å²) in [5, 5.41) is 3.78. The highest BCUT2D eigenvalue weighted by Crippen LogP contribution is 2.21. The molecule has 0 saturated heterocycles. The van der Waals surface area contributed by atoms with Crippen LogP contribution in [-0.2, 0) is 17.1 Å². The Morgan fingerprint density at radius 2 is 2.20 bits per heavy atom. The molecule has 9 heteroatoms. The molecule has 0 saturated carbocycles. The molecule has 3 N–H and O–H groups in total. The van der Waals surface area contributed by atoms with Crippen LogP contribution in [0.3, 0.4) is 0 Å². The van der Waals surface area contributed by atoms with Crippen molar-refractivity contribution >= 4 is 32.9 Å². The van der Waals surface area contributed by atoms with Gasteiger partial charge in [-0.05, 0) is 18.2 Å². The Morgan fingerprint density at radius 1 is 1.50 bits per heavy atom. The van der Waals surface area contributed by atoms with Crippen molar-refractivity contribution in [3.63, 3.8) is 0 Å². The number of hydrogen-bond acceptors (Lipinski definition) is 4. The number of anilines is 1. The second-order valence-electron chi connectivity index (χ2n) is 4.01. The van der Waals surface area contributed by atoms with Crippen LogP contribution >= 0.6 is 12.2 Å². The maximum absolute atomic E-state index is 13.2. The first kappa shape index (κ1) is 14.4. The lowest BCUT2D eigenvalue weighted by atomic mass is 10.2. The van der Waals surface area contributed by atoms with Crippen molar-refractivity contribution in [3.05, 3.63) is 42.0 Å². The monoisotopic (exact) mass is 314 g/mol. The van der Waals surface area contributed by atoms with E-state index < -0.39 is 15.8 Å². The lowest BCUT2D eigenvalue weighted by Gasteiger charge is -2.10. The van der Waals surface area contributed by atoms with Gasteiger partial charge >= 0.3 is 0 Å². The van der Waals surface area contributed by atoms with Gasteiger partial charge in [-0.25, -0.2) is 12.8 Å². The van der Waals surface area contributed by atoms with E-state index in [4.69, 9.17) is 18.0 Å². The summed E-state index contributed by atoms with van der Waals surface area (Å²) in [5.41, 5.74) is 5.69. The van der Waals surface area contributed by atoms with Crippen LogP contribution in [0.15, 0.2) is 35.5 Å². The Kier molecular flexibility index (Phi) is 3.73. The number of aryl methyl sites for hydroxylation is 1. The maximum Gasteiger partial charge on any atom is 0.265 e. The van der Waals surface area contributed by atoms with E-state index in [0.717, 1.165) is 12.1 Å². The van der Waals surface area contributed by atoms with E-state index in [-0.39, 0.29) is 21.1 Å². The van der Waals surface area contributed by atoms with Crippen molar-refractivity contribution < 1.29 is 12.8 Å². The number of sulfonamides is 1. The summed E-state index contributed by atoms with van der Waals surface area (Å²) in [4.78, 5) is -0.119. The van der Waals surface area contributed by atoms with E-state index in [2.05, 4.69) is 9.82 Å². The summed E-state index contributed by atoms with van der Waals surface area (Å²) in [7, 11) is -2.24. The van der Waals surface area contributed by atoms with Gasteiger partial charge in [0.15, 0.2) is 0 Å². The fourth-order valence-corrected chi connectivity index (χ4v) is 2.78. The number of hydrogen-bond donors (Lipinski definition) is 2. The third-order valence-corrected chi connectivity index (χ3v) is 4.02. The van der Waals surface area contributed by atoms with Gasteiger partial charge in [0.1, 0.15) is 15.7 Å². The first-order valence-electron chi connectivity index (χ1n) is 5.40. The van der Waals surface area contributed by atoms with E-state index in [1.807, 2.05) is 0 Å². The molecule has 0 aliphatic heterocycles. The van der Waals surface area contributed by atoms with Crippen LogP contribution in [0.25, 0.3) is 0 Å². The van der Waals surface area contributed by atoms with Gasteiger partial charge in [0.05, 0.1) is 11.9 Å². The number of halogens is 1. The van der Waals surface area contributed by atoms with E-state index in [1.165, 1.54) is 23.1 Å². The minimum absolute atomic E-state index is 0.0155. The second-order valence-corrected chi connectivity index (χ2v) is 6.13. The summed E-state index contributed by atoms with van der Waals surface area (Å²) in [6.45, 7) is 0. The van der Waals surface area contributed by atoms with Crippen molar-refractivity contribution in [2.45, 2.75) is 4.90 Å². The summed E-state index contributed by atoms with van der Waals surface area (Å²) < 4.78 is 41.1. The molecule has 0 fully saturated rings. The van der Waals surface area contributed by atoms with Crippen molar-refractivity contribution in [3.8, 4) is 0 Å². The molecular weight excluding hydrogens is 303 g/mol. The van der Waals surface area contributed by atoms with Crippen molar-refractivity contribution in [1.82, 2.24) is 9.78 Å². The molecule has 0 unspecified atom stereocenters. The van der Waals surface area contributed by atoms with Crippen LogP contribution in [0.5, 0.6) is 0 Å². The van der Waals surface area contributed by atoms with Crippen LogP contribution in [0, 0.1) is 5.82 Å². The number of nitrogens with zero attached hydrogens (tertiary/aromatic N) is 2. The van der Waals surface area contributed by atoms with Crippen molar-refractivity contribution in [2.24, 2.45) is 12.8 Å². The number of benzene rings is 1. The zero-order chi connectivity index (χ0) is 14.9. The molecule has 6 nitrogen and oxygen atoms in total. The third kappa shape index (κ3) is 2.94. The molecule has 20 heavy (non-hydrogen) atoms. The molecule has 1 aromatic heterocycles. The van der Waals surface area contributed by atoms with Crippen LogP contribution in [0.2, 0.25) is 0 Å². The SMILES string of the molecule is Cn1cc(S(=O)(=O)Nc2ccc(F)cc2C(N)=S)cn1. The first-order valence-corrected chi connectivity index (χ1v) is 7.29. The molecule has 0 aliphatic carbocycles. The number of aromatic nitrogens is 2. The largest absolute Gasteiger partial charge is 0.389 e. The van der Waals surface area contributed by atoms with Gasteiger partial charge in [0.25, 0.3) is 10.0 Å². The van der Waals surface area contributed by atoms with E-state index >= 15 is 0 Å². The Bertz CT molecular complexity index is 770. The van der Waals surface area contributed by atoms with Gasteiger partial charge < -0.3 is 5.73 Å². The van der Waals surface area contributed by atoms with Gasteiger partial charge in [-0.2, -0.15) is 5.10 Å². The van der Waals surface area contributed by atoms with Gasteiger partial charge in [-0.15, -0.1) is 0 Å². The zero-order valence-electron chi connectivity index (χ0n) is 10.4. The molecule has 0 aliphatic rings. The number of nitrogens with two attached hydrogens (primary N) is 1. The average Bonchev–Trinajstić information content (AvgIpc) is 2.78. The highest BCUT2D eigenvalue weighted by atomic mass is 32.2. The van der Waals surface area contributed by atoms with Crippen LogP contribution in [0.1, 0.15) is 5.56 Å². The topological polar surface area (TPSA) is 90.0 Å². The number of thiocarbonyl (C=S) groups is 1. The predicted octanol–water partition coefficient (Wildman–Crippen LogP) is 0.994. The minimum atomic E-state index is -3.83. The lowest BCUT2D eigenvalue weighted by molar-refractivity contribution is 0.600. The maximum atomic E-state index is 13.2. The quantitative estimate of drug-likeness (QED) is 0.822. The van der Waals surface area contributed by atoms with Gasteiger partial charge in [-0.3, -0.25) is 9.40 Å². The molecule has 1 heterocycles. The summed E-state index contributed by atoms with van der Waals surface area (Å²) in [5.74, 6) is -0.558. The van der Waals surface area contributed by atoms with Gasteiger partial charge in [0.2, 0.25) is 0 Å². The third-order valence-electron chi connectivity index (χ3n) is 2.48. The van der Waals surface area contributed by atoms with Crippen LogP contribution < -0.4 is 10.5 Å². The molecule has 1 aromatic carbocycles. The zero-order valence-corrected chi connectivity index (χ0v) is 12.0. The minimum Gasteiger partial charge on any atom is -0.389 e. The molecular formula is C11H11FN4O2S2. The van der Waals surface area contributed by atoms with Crippen LogP contribution in [0.4, 0.5) is 10.1 Å². The van der Waals surface area contributed by atoms with E-state index in [0.29, 0.717) is 0 Å². The molecule has 0 bridgehead atoms. The standard InChI is InChI=1S/C11H11FN4O2S2/c1-16-6-8(5-14-16)20(17,18)15-10-3-2-7(12)4-9(10)11(13)19/h2-6,15H,1H3,(H2,13,19). The molecule has 106 valence electrons. The highest BCUT2D eigenvalue weighted by Gasteiger charge is 2.18. The Hall–Kier alpha value is -2.00. The number of rotatable bonds is 4. The fraction of sp³-hybridized carbons (Fsp3) is 0.0909. The second kappa shape index (κ2) is 5.17. The predicted molar refractivity (Wildman–Crippen MR) is 76.3 cm³/mol. The molecule has 0 radical (unpaired) electrons. The highest BCUT2D eigenvalue weighted by molar-refractivity contribution is 7.92. The smallest absolute Gasteiger partial charge is 0.265 e. The molecule has 2 aromatic rings. The fourth-order valence-electron chi connectivity index (χ4n) is 1.55. The molecule has 0 amide bonds. The first-order chi connectivity index (χ1) is 9.29. The van der Waals surface area contributed by atoms with Crippen molar-refractivity contribution in [1.29, 1.82) is 0 Å². The van der Waals surface area contributed by atoms with Crippen molar-refractivity contribution in [2.75, 3.05) is 4.72 Å². The van der Waals surface area contributed by atoms with E-state index in [1.54, 1.807) is 7.05 Å². The molecule has 2 rings (SSSR count). The van der Waals surface area contributed by atoms with E-state index in [9.17, 15) is 12.8 Å². The average molecular weight is 314 g/mol. The Labute approximate surface area is 120 Å². The molecule has 0 atom stereocenters. The van der Waals surface area contributed by atoms with Gasteiger partial charge in [-0.1, -0.05) is 12.2 Å². The Morgan fingerprint density at radius 3 is 2.75 bits per heavy atom. The number of nitrogens with one attached hydrogen (secondary N) is 1. The van der Waals surface area contributed by atoms with Crippen LogP contribution in [-0.4, -0.2) is 23.2 Å².